The van der Waals surface area contributed by atoms with Gasteiger partial charge in [0.15, 0.2) is 0 Å². The molecule has 2 aromatic carbocycles. The molecule has 0 radical (unpaired) electrons. The van der Waals surface area contributed by atoms with Gasteiger partial charge >= 0.3 is 0 Å². The summed E-state index contributed by atoms with van der Waals surface area (Å²) in [4.78, 5) is 47.4. The Balaban J connectivity index is 1.58. The Bertz CT molecular complexity index is 797. The van der Waals surface area contributed by atoms with E-state index >= 15 is 0 Å². The Morgan fingerprint density at radius 1 is 0.880 bits per heavy atom. The van der Waals surface area contributed by atoms with Gasteiger partial charge in [-0.05, 0) is 36.8 Å². The second kappa shape index (κ2) is 7.09. The molecule has 0 unspecified atom stereocenters. The highest BCUT2D eigenvalue weighted by molar-refractivity contribution is 6.21. The van der Waals surface area contributed by atoms with Crippen LogP contribution in [0.2, 0.25) is 0 Å². The number of aldehydes is 2. The van der Waals surface area contributed by atoms with Crippen molar-refractivity contribution in [1.82, 2.24) is 4.90 Å². The van der Waals surface area contributed by atoms with E-state index in [1.54, 1.807) is 24.3 Å². The van der Waals surface area contributed by atoms with Crippen LogP contribution >= 0.6 is 0 Å². The van der Waals surface area contributed by atoms with Crippen molar-refractivity contribution in [3.8, 4) is 5.75 Å². The summed E-state index contributed by atoms with van der Waals surface area (Å²) in [6.45, 7) is 0.480. The Hall–Kier alpha value is -3.28. The van der Waals surface area contributed by atoms with E-state index in [0.717, 1.165) is 0 Å². The SMILES string of the molecule is O=Cc1cc(C=O)cc(OCCCN2C(=O)c3ccccc3C2=O)c1. The number of hydrogen-bond donors (Lipinski definition) is 0. The van der Waals surface area contributed by atoms with Crippen molar-refractivity contribution in [1.29, 1.82) is 0 Å². The third kappa shape index (κ3) is 3.33. The van der Waals surface area contributed by atoms with E-state index in [4.69, 9.17) is 4.74 Å². The number of imide groups is 1. The molecule has 0 N–H and O–H groups in total. The first kappa shape index (κ1) is 16.6. The Morgan fingerprint density at radius 2 is 1.44 bits per heavy atom. The Morgan fingerprint density at radius 3 is 1.96 bits per heavy atom. The molecule has 0 bridgehead atoms. The largest absolute Gasteiger partial charge is 0.493 e. The van der Waals surface area contributed by atoms with E-state index in [9.17, 15) is 19.2 Å². The maximum Gasteiger partial charge on any atom is 0.261 e. The van der Waals surface area contributed by atoms with Crippen LogP contribution in [0.15, 0.2) is 42.5 Å². The average Bonchev–Trinajstić information content (AvgIpc) is 2.89. The number of rotatable bonds is 7. The maximum atomic E-state index is 12.2. The Kier molecular flexibility index (Phi) is 4.70. The minimum atomic E-state index is -0.299. The molecule has 1 aliphatic rings. The van der Waals surface area contributed by atoms with Crippen molar-refractivity contribution < 1.29 is 23.9 Å². The third-order valence-corrected chi connectivity index (χ3v) is 3.90. The van der Waals surface area contributed by atoms with E-state index in [1.807, 2.05) is 0 Å². The van der Waals surface area contributed by atoms with Crippen LogP contribution in [0.5, 0.6) is 5.75 Å². The van der Waals surface area contributed by atoms with Gasteiger partial charge in [0.05, 0.1) is 17.7 Å². The number of hydrogen-bond acceptors (Lipinski definition) is 5. The van der Waals surface area contributed by atoms with Crippen LogP contribution in [0, 0.1) is 0 Å². The quantitative estimate of drug-likeness (QED) is 0.440. The van der Waals surface area contributed by atoms with Gasteiger partial charge in [0, 0.05) is 17.7 Å². The summed E-state index contributed by atoms with van der Waals surface area (Å²) in [5.74, 6) is -0.201. The van der Waals surface area contributed by atoms with E-state index in [0.29, 0.717) is 47.0 Å². The molecule has 3 rings (SSSR count). The molecule has 0 saturated carbocycles. The van der Waals surface area contributed by atoms with Crippen LogP contribution in [0.25, 0.3) is 0 Å². The lowest BCUT2D eigenvalue weighted by Gasteiger charge is -2.14. The van der Waals surface area contributed by atoms with Crippen molar-refractivity contribution >= 4 is 24.4 Å². The highest BCUT2D eigenvalue weighted by Crippen LogP contribution is 2.22. The molecular weight excluding hydrogens is 322 g/mol. The lowest BCUT2D eigenvalue weighted by Crippen LogP contribution is -2.31. The van der Waals surface area contributed by atoms with Crippen LogP contribution in [-0.2, 0) is 0 Å². The monoisotopic (exact) mass is 337 g/mol. The van der Waals surface area contributed by atoms with Crippen LogP contribution in [0.4, 0.5) is 0 Å². The molecule has 0 fully saturated rings. The second-order valence-corrected chi connectivity index (χ2v) is 5.58. The van der Waals surface area contributed by atoms with Gasteiger partial charge in [-0.15, -0.1) is 0 Å². The number of benzene rings is 2. The van der Waals surface area contributed by atoms with Gasteiger partial charge in [-0.25, -0.2) is 0 Å². The molecular formula is C19H15NO5. The van der Waals surface area contributed by atoms with Gasteiger partial charge in [0.25, 0.3) is 11.8 Å². The predicted molar refractivity (Wildman–Crippen MR) is 89.1 cm³/mol. The van der Waals surface area contributed by atoms with Crippen molar-refractivity contribution in [2.24, 2.45) is 0 Å². The third-order valence-electron chi connectivity index (χ3n) is 3.90. The summed E-state index contributed by atoms with van der Waals surface area (Å²) >= 11 is 0. The standard InChI is InChI=1S/C19H15NO5/c21-11-13-8-14(12-22)10-15(9-13)25-7-3-6-20-18(23)16-4-1-2-5-17(16)19(20)24/h1-2,4-5,8-12H,3,6-7H2. The molecule has 126 valence electrons. The molecule has 6 nitrogen and oxygen atoms in total. The first-order valence-corrected chi connectivity index (χ1v) is 7.77. The molecule has 25 heavy (non-hydrogen) atoms. The molecule has 6 heteroatoms. The van der Waals surface area contributed by atoms with E-state index < -0.39 is 0 Å². The van der Waals surface area contributed by atoms with Crippen LogP contribution in [0.1, 0.15) is 47.9 Å². The van der Waals surface area contributed by atoms with Crippen LogP contribution in [0.3, 0.4) is 0 Å². The fraction of sp³-hybridized carbons (Fsp3) is 0.158. The number of carbonyl (C=O) groups excluding carboxylic acids is 4. The zero-order valence-electron chi connectivity index (χ0n) is 13.3. The summed E-state index contributed by atoms with van der Waals surface area (Å²) in [6, 6.07) is 11.2. The zero-order chi connectivity index (χ0) is 17.8. The van der Waals surface area contributed by atoms with Gasteiger partial charge in [0.1, 0.15) is 18.3 Å². The van der Waals surface area contributed by atoms with Gasteiger partial charge in [0.2, 0.25) is 0 Å². The lowest BCUT2D eigenvalue weighted by atomic mass is 10.1. The number of fused-ring (bicyclic) bond motifs is 1. The number of amides is 2. The van der Waals surface area contributed by atoms with Crippen molar-refractivity contribution in [3.05, 3.63) is 64.7 Å². The summed E-state index contributed by atoms with van der Waals surface area (Å²) in [6.07, 6.45) is 1.71. The van der Waals surface area contributed by atoms with Gasteiger partial charge in [-0.2, -0.15) is 0 Å². The molecule has 2 amide bonds. The normalized spacial score (nSPS) is 12.9. The van der Waals surface area contributed by atoms with Gasteiger partial charge in [-0.1, -0.05) is 12.1 Å². The molecule has 1 heterocycles. The fourth-order valence-corrected chi connectivity index (χ4v) is 2.72. The second-order valence-electron chi connectivity index (χ2n) is 5.58. The average molecular weight is 337 g/mol. The van der Waals surface area contributed by atoms with E-state index in [-0.39, 0.29) is 25.0 Å². The topological polar surface area (TPSA) is 80.8 Å². The molecule has 0 aliphatic carbocycles. The van der Waals surface area contributed by atoms with Crippen LogP contribution in [-0.4, -0.2) is 42.4 Å². The van der Waals surface area contributed by atoms with Crippen molar-refractivity contribution in [2.75, 3.05) is 13.2 Å². The lowest BCUT2D eigenvalue weighted by molar-refractivity contribution is 0.0646. The predicted octanol–water partition coefficient (Wildman–Crippen LogP) is 2.38. The highest BCUT2D eigenvalue weighted by Gasteiger charge is 2.34. The summed E-state index contributed by atoms with van der Waals surface area (Å²) in [5.41, 5.74) is 1.53. The molecule has 2 aromatic rings. The van der Waals surface area contributed by atoms with Gasteiger partial charge < -0.3 is 4.74 Å². The number of ether oxygens (including phenoxy) is 1. The molecule has 0 aromatic heterocycles. The number of carbonyl (C=O) groups is 4. The van der Waals surface area contributed by atoms with Crippen LogP contribution < -0.4 is 4.74 Å². The minimum absolute atomic E-state index is 0.236. The summed E-state index contributed by atoms with van der Waals surface area (Å²) < 4.78 is 5.53. The van der Waals surface area contributed by atoms with E-state index in [1.165, 1.54) is 23.1 Å². The van der Waals surface area contributed by atoms with Crippen molar-refractivity contribution in [2.45, 2.75) is 6.42 Å². The van der Waals surface area contributed by atoms with Crippen molar-refractivity contribution in [3.63, 3.8) is 0 Å². The smallest absolute Gasteiger partial charge is 0.261 e. The molecule has 0 spiro atoms. The first-order chi connectivity index (χ1) is 12.1. The highest BCUT2D eigenvalue weighted by atomic mass is 16.5. The minimum Gasteiger partial charge on any atom is -0.493 e. The molecule has 0 atom stereocenters. The fourth-order valence-electron chi connectivity index (χ4n) is 2.72. The molecule has 0 saturated heterocycles. The summed E-state index contributed by atoms with van der Waals surface area (Å²) in [5, 5.41) is 0. The van der Waals surface area contributed by atoms with E-state index in [2.05, 4.69) is 0 Å². The zero-order valence-corrected chi connectivity index (χ0v) is 13.3. The maximum absolute atomic E-state index is 12.2. The first-order valence-electron chi connectivity index (χ1n) is 7.77. The Labute approximate surface area is 144 Å². The number of nitrogens with zero attached hydrogens (tertiary/aromatic N) is 1. The van der Waals surface area contributed by atoms with Gasteiger partial charge in [-0.3, -0.25) is 24.1 Å². The molecule has 1 aliphatic heterocycles. The summed E-state index contributed by atoms with van der Waals surface area (Å²) in [7, 11) is 0.